The van der Waals surface area contributed by atoms with Gasteiger partial charge in [-0.25, -0.2) is 0 Å². The molecule has 3 rings (SSSR count). The first-order valence-corrected chi connectivity index (χ1v) is 8.10. The minimum atomic E-state index is -0.560. The van der Waals surface area contributed by atoms with E-state index in [1.54, 1.807) is 56.7 Å². The number of carbonyl (C=O) groups excluding carboxylic acids is 2. The standard InChI is InChI=1S/C22H18O4/c1-25-17-10-8-16(9-11-17)21(23)22(24)19-13-12-18(26-2)14-20(19)15-6-4-3-5-7-15/h3-14H,1-2H3. The van der Waals surface area contributed by atoms with Gasteiger partial charge in [-0.3, -0.25) is 9.59 Å². The van der Waals surface area contributed by atoms with Crippen LogP contribution in [0, 0.1) is 0 Å². The Balaban J connectivity index is 2.02. The lowest BCUT2D eigenvalue weighted by molar-refractivity contribution is 0.0817. The molecule has 4 nitrogen and oxygen atoms in total. The Bertz CT molecular complexity index is 928. The third kappa shape index (κ3) is 3.49. The Morgan fingerprint density at radius 2 is 1.31 bits per heavy atom. The van der Waals surface area contributed by atoms with Gasteiger partial charge in [-0.15, -0.1) is 0 Å². The Labute approximate surface area is 152 Å². The minimum absolute atomic E-state index is 0.325. The van der Waals surface area contributed by atoms with Crippen molar-refractivity contribution in [3.63, 3.8) is 0 Å². The number of methoxy groups -OCH3 is 2. The van der Waals surface area contributed by atoms with Crippen molar-refractivity contribution in [2.45, 2.75) is 0 Å². The van der Waals surface area contributed by atoms with Crippen molar-refractivity contribution in [2.24, 2.45) is 0 Å². The molecule has 0 radical (unpaired) electrons. The molecule has 0 fully saturated rings. The predicted octanol–water partition coefficient (Wildman–Crippen LogP) is 4.44. The zero-order chi connectivity index (χ0) is 18.5. The molecule has 0 saturated carbocycles. The van der Waals surface area contributed by atoms with Crippen LogP contribution in [-0.4, -0.2) is 25.8 Å². The highest BCUT2D eigenvalue weighted by Gasteiger charge is 2.22. The fraction of sp³-hybridized carbons (Fsp3) is 0.0909. The Hall–Kier alpha value is -3.40. The van der Waals surface area contributed by atoms with Crippen LogP contribution in [0.2, 0.25) is 0 Å². The molecule has 130 valence electrons. The van der Waals surface area contributed by atoms with Gasteiger partial charge in [0.15, 0.2) is 0 Å². The molecule has 3 aromatic carbocycles. The van der Waals surface area contributed by atoms with Crippen molar-refractivity contribution >= 4 is 11.6 Å². The molecule has 0 heterocycles. The molecule has 0 atom stereocenters. The average molecular weight is 346 g/mol. The molecule has 0 N–H and O–H groups in total. The monoisotopic (exact) mass is 346 g/mol. The number of ketones is 2. The first kappa shape index (κ1) is 17.4. The number of Topliss-reactive ketones (excluding diaryl/α,β-unsaturated/α-hetero) is 2. The summed E-state index contributed by atoms with van der Waals surface area (Å²) in [4.78, 5) is 25.5. The van der Waals surface area contributed by atoms with Gasteiger partial charge in [-0.1, -0.05) is 30.3 Å². The van der Waals surface area contributed by atoms with E-state index in [-0.39, 0.29) is 0 Å². The first-order chi connectivity index (χ1) is 12.6. The number of rotatable bonds is 6. The van der Waals surface area contributed by atoms with Gasteiger partial charge < -0.3 is 9.47 Å². The molecular weight excluding hydrogens is 328 g/mol. The average Bonchev–Trinajstić information content (AvgIpc) is 2.73. The smallest absolute Gasteiger partial charge is 0.234 e. The van der Waals surface area contributed by atoms with Gasteiger partial charge in [0, 0.05) is 11.1 Å². The highest BCUT2D eigenvalue weighted by Crippen LogP contribution is 2.29. The van der Waals surface area contributed by atoms with E-state index in [0.717, 1.165) is 5.56 Å². The van der Waals surface area contributed by atoms with Crippen LogP contribution in [0.4, 0.5) is 0 Å². The number of ether oxygens (including phenoxy) is 2. The second kappa shape index (κ2) is 7.66. The van der Waals surface area contributed by atoms with Crippen LogP contribution in [-0.2, 0) is 0 Å². The highest BCUT2D eigenvalue weighted by molar-refractivity contribution is 6.50. The maximum absolute atomic E-state index is 12.9. The first-order valence-electron chi connectivity index (χ1n) is 8.10. The summed E-state index contributed by atoms with van der Waals surface area (Å²) in [5.74, 6) is 0.132. The second-order valence-corrected chi connectivity index (χ2v) is 5.66. The van der Waals surface area contributed by atoms with Gasteiger partial charge in [-0.05, 0) is 53.6 Å². The van der Waals surface area contributed by atoms with Crippen LogP contribution in [0.25, 0.3) is 11.1 Å². The van der Waals surface area contributed by atoms with Crippen molar-refractivity contribution in [3.05, 3.63) is 83.9 Å². The van der Waals surface area contributed by atoms with Gasteiger partial charge in [0.05, 0.1) is 14.2 Å². The Morgan fingerprint density at radius 1 is 0.692 bits per heavy atom. The van der Waals surface area contributed by atoms with Gasteiger partial charge in [0.1, 0.15) is 11.5 Å². The summed E-state index contributed by atoms with van der Waals surface area (Å²) in [6.07, 6.45) is 0. The zero-order valence-corrected chi connectivity index (χ0v) is 14.6. The van der Waals surface area contributed by atoms with E-state index in [9.17, 15) is 9.59 Å². The minimum Gasteiger partial charge on any atom is -0.497 e. The van der Waals surface area contributed by atoms with Gasteiger partial charge in [-0.2, -0.15) is 0 Å². The topological polar surface area (TPSA) is 52.6 Å². The Morgan fingerprint density at radius 3 is 1.92 bits per heavy atom. The maximum atomic E-state index is 12.9. The van der Waals surface area contributed by atoms with E-state index in [1.165, 1.54) is 0 Å². The van der Waals surface area contributed by atoms with Crippen LogP contribution in [0.1, 0.15) is 20.7 Å². The van der Waals surface area contributed by atoms with E-state index in [2.05, 4.69) is 0 Å². The molecule has 0 bridgehead atoms. The molecule has 0 amide bonds. The lowest BCUT2D eigenvalue weighted by Crippen LogP contribution is -2.15. The maximum Gasteiger partial charge on any atom is 0.234 e. The van der Waals surface area contributed by atoms with Crippen LogP contribution in [0.3, 0.4) is 0 Å². The normalized spacial score (nSPS) is 10.2. The summed E-state index contributed by atoms with van der Waals surface area (Å²) < 4.78 is 10.4. The highest BCUT2D eigenvalue weighted by atomic mass is 16.5. The molecular formula is C22H18O4. The molecule has 0 aliphatic heterocycles. The number of carbonyl (C=O) groups is 2. The molecule has 4 heteroatoms. The van der Waals surface area contributed by atoms with Crippen LogP contribution in [0.15, 0.2) is 72.8 Å². The van der Waals surface area contributed by atoms with Gasteiger partial charge in [0.25, 0.3) is 0 Å². The summed E-state index contributed by atoms with van der Waals surface area (Å²) in [5, 5.41) is 0. The SMILES string of the molecule is COc1ccc(C(=O)C(=O)c2ccc(OC)cc2-c2ccccc2)cc1. The van der Waals surface area contributed by atoms with Crippen LogP contribution in [0.5, 0.6) is 11.5 Å². The van der Waals surface area contributed by atoms with Crippen molar-refractivity contribution in [2.75, 3.05) is 14.2 Å². The third-order valence-corrected chi connectivity index (χ3v) is 4.11. The van der Waals surface area contributed by atoms with Gasteiger partial charge in [0.2, 0.25) is 11.6 Å². The summed E-state index contributed by atoms with van der Waals surface area (Å²) in [7, 11) is 3.11. The molecule has 0 spiro atoms. The van der Waals surface area contributed by atoms with Crippen LogP contribution < -0.4 is 9.47 Å². The molecule has 0 aliphatic rings. The fourth-order valence-corrected chi connectivity index (χ4v) is 2.70. The van der Waals surface area contributed by atoms with Crippen molar-refractivity contribution in [1.82, 2.24) is 0 Å². The lowest BCUT2D eigenvalue weighted by Gasteiger charge is -2.11. The van der Waals surface area contributed by atoms with E-state index >= 15 is 0 Å². The number of hydrogen-bond acceptors (Lipinski definition) is 4. The third-order valence-electron chi connectivity index (χ3n) is 4.11. The lowest BCUT2D eigenvalue weighted by atomic mass is 9.93. The van der Waals surface area contributed by atoms with Crippen molar-refractivity contribution < 1.29 is 19.1 Å². The second-order valence-electron chi connectivity index (χ2n) is 5.66. The molecule has 3 aromatic rings. The quantitative estimate of drug-likeness (QED) is 0.489. The number of benzene rings is 3. The molecule has 0 aliphatic carbocycles. The predicted molar refractivity (Wildman–Crippen MR) is 100 cm³/mol. The summed E-state index contributed by atoms with van der Waals surface area (Å²) in [6.45, 7) is 0. The fourth-order valence-electron chi connectivity index (χ4n) is 2.70. The van der Waals surface area contributed by atoms with Gasteiger partial charge >= 0.3 is 0 Å². The number of hydrogen-bond donors (Lipinski definition) is 0. The summed E-state index contributed by atoms with van der Waals surface area (Å²) >= 11 is 0. The van der Waals surface area contributed by atoms with E-state index in [0.29, 0.717) is 28.2 Å². The van der Waals surface area contributed by atoms with Crippen LogP contribution >= 0.6 is 0 Å². The molecule has 0 aromatic heterocycles. The largest absolute Gasteiger partial charge is 0.497 e. The summed E-state index contributed by atoms with van der Waals surface area (Å²) in [5.41, 5.74) is 2.18. The zero-order valence-electron chi connectivity index (χ0n) is 14.6. The van der Waals surface area contributed by atoms with E-state index in [1.807, 2.05) is 30.3 Å². The molecule has 0 saturated heterocycles. The Kier molecular flexibility index (Phi) is 5.13. The van der Waals surface area contributed by atoms with E-state index in [4.69, 9.17) is 9.47 Å². The molecule has 0 unspecified atom stereocenters. The van der Waals surface area contributed by atoms with E-state index < -0.39 is 11.6 Å². The summed E-state index contributed by atoms with van der Waals surface area (Å²) in [6, 6.07) is 21.0. The van der Waals surface area contributed by atoms with Crippen molar-refractivity contribution in [3.8, 4) is 22.6 Å². The van der Waals surface area contributed by atoms with Crippen molar-refractivity contribution in [1.29, 1.82) is 0 Å². The molecule has 26 heavy (non-hydrogen) atoms.